The lowest BCUT2D eigenvalue weighted by Crippen LogP contribution is -2.59. The molecule has 0 aliphatic heterocycles. The van der Waals surface area contributed by atoms with Gasteiger partial charge in [0.2, 0.25) is 17.7 Å². The molecule has 5 unspecified atom stereocenters. The first-order chi connectivity index (χ1) is 18.0. The maximum atomic E-state index is 13.6. The highest BCUT2D eigenvalue weighted by atomic mass is 32.2. The lowest BCUT2D eigenvalue weighted by molar-refractivity contribution is -0.142. The van der Waals surface area contributed by atoms with E-state index < -0.39 is 47.9 Å². The van der Waals surface area contributed by atoms with Gasteiger partial charge in [0, 0.05) is 23.5 Å². The Balaban J connectivity index is 2.31. The number of carboxylic acid groups (broad SMARTS) is 1. The monoisotopic (exact) mass is 547 g/mol. The Morgan fingerprint density at radius 3 is 2.26 bits per heavy atom. The molecule has 0 saturated heterocycles. The number of aromatic amines is 1. The third-order valence-corrected chi connectivity index (χ3v) is 7.42. The molecular formula is C27H41N5O5S. The molecule has 0 fully saturated rings. The van der Waals surface area contributed by atoms with Crippen molar-refractivity contribution < 1.29 is 24.3 Å². The Labute approximate surface area is 228 Å². The second-order valence-corrected chi connectivity index (χ2v) is 10.9. The Morgan fingerprint density at radius 2 is 1.66 bits per heavy atom. The van der Waals surface area contributed by atoms with Gasteiger partial charge in [0.15, 0.2) is 0 Å². The highest BCUT2D eigenvalue weighted by Gasteiger charge is 2.33. The SMILES string of the molecule is CCC(C)C(NC(=O)C(Cc1c[nH]c2ccccc12)NC(=O)C(N)C(C)C)C(=O)NC(CCSC)C(=O)O. The standard InChI is InChI=1S/C27H41N5O5S/c1-6-16(4)23(26(35)30-20(27(36)37)11-12-38-5)32-24(33)21(31-25(34)22(28)15(2)3)13-17-14-29-19-10-8-7-9-18(17)19/h7-10,14-16,20-23,29H,6,11-13,28H2,1-5H3,(H,30,35)(H,31,34)(H,32,33)(H,36,37). The molecule has 0 radical (unpaired) electrons. The van der Waals surface area contributed by atoms with Crippen molar-refractivity contribution in [2.45, 2.75) is 71.1 Å². The molecule has 1 aromatic heterocycles. The molecule has 7 N–H and O–H groups in total. The summed E-state index contributed by atoms with van der Waals surface area (Å²) in [5, 5.41) is 18.6. The summed E-state index contributed by atoms with van der Waals surface area (Å²) in [6, 6.07) is 3.77. The Bertz CT molecular complexity index is 1100. The number of H-pyrrole nitrogens is 1. The minimum absolute atomic E-state index is 0.139. The highest BCUT2D eigenvalue weighted by Crippen LogP contribution is 2.20. The quantitative estimate of drug-likeness (QED) is 0.198. The van der Waals surface area contributed by atoms with E-state index in [2.05, 4.69) is 20.9 Å². The zero-order valence-electron chi connectivity index (χ0n) is 22.7. The van der Waals surface area contributed by atoms with Gasteiger partial charge in [-0.25, -0.2) is 4.79 Å². The first-order valence-corrected chi connectivity index (χ1v) is 14.3. The van der Waals surface area contributed by atoms with E-state index in [1.54, 1.807) is 6.20 Å². The second kappa shape index (κ2) is 14.8. The van der Waals surface area contributed by atoms with E-state index in [9.17, 15) is 24.3 Å². The molecule has 2 aromatic rings. The summed E-state index contributed by atoms with van der Waals surface area (Å²) < 4.78 is 0. The fourth-order valence-corrected chi connectivity index (χ4v) is 4.48. The third kappa shape index (κ3) is 8.49. The van der Waals surface area contributed by atoms with Crippen LogP contribution in [0.25, 0.3) is 10.9 Å². The molecule has 5 atom stereocenters. The summed E-state index contributed by atoms with van der Waals surface area (Å²) in [5.41, 5.74) is 7.77. The van der Waals surface area contributed by atoms with Gasteiger partial charge in [0.1, 0.15) is 18.1 Å². The summed E-state index contributed by atoms with van der Waals surface area (Å²) in [5.74, 6) is -2.57. The maximum Gasteiger partial charge on any atom is 0.326 e. The Kier molecular flexibility index (Phi) is 12.1. The molecule has 0 spiro atoms. The van der Waals surface area contributed by atoms with Crippen LogP contribution in [0.5, 0.6) is 0 Å². The fraction of sp³-hybridized carbons (Fsp3) is 0.556. The molecule has 38 heavy (non-hydrogen) atoms. The predicted molar refractivity (Wildman–Crippen MR) is 151 cm³/mol. The first-order valence-electron chi connectivity index (χ1n) is 12.9. The van der Waals surface area contributed by atoms with Crippen LogP contribution >= 0.6 is 11.8 Å². The number of carboxylic acids is 1. The number of amides is 3. The van der Waals surface area contributed by atoms with Crippen molar-refractivity contribution in [3.8, 4) is 0 Å². The van der Waals surface area contributed by atoms with E-state index in [0.29, 0.717) is 12.2 Å². The number of benzene rings is 1. The number of nitrogens with one attached hydrogen (secondary N) is 4. The van der Waals surface area contributed by atoms with E-state index in [1.165, 1.54) is 11.8 Å². The zero-order valence-corrected chi connectivity index (χ0v) is 23.6. The van der Waals surface area contributed by atoms with Crippen LogP contribution in [0.4, 0.5) is 0 Å². The number of aromatic nitrogens is 1. The van der Waals surface area contributed by atoms with Crippen molar-refractivity contribution in [3.63, 3.8) is 0 Å². The van der Waals surface area contributed by atoms with Gasteiger partial charge in [-0.15, -0.1) is 0 Å². The van der Waals surface area contributed by atoms with Crippen molar-refractivity contribution in [1.29, 1.82) is 0 Å². The minimum Gasteiger partial charge on any atom is -0.480 e. The number of thioether (sulfide) groups is 1. The van der Waals surface area contributed by atoms with Crippen molar-refractivity contribution in [2.24, 2.45) is 17.6 Å². The van der Waals surface area contributed by atoms with Crippen LogP contribution in [-0.4, -0.2) is 70.0 Å². The van der Waals surface area contributed by atoms with Crippen LogP contribution in [0.2, 0.25) is 0 Å². The molecule has 0 aliphatic carbocycles. The molecule has 0 saturated carbocycles. The molecule has 10 nitrogen and oxygen atoms in total. The van der Waals surface area contributed by atoms with Crippen molar-refractivity contribution in [3.05, 3.63) is 36.0 Å². The summed E-state index contributed by atoms with van der Waals surface area (Å²) in [6.45, 7) is 7.33. The van der Waals surface area contributed by atoms with Crippen molar-refractivity contribution in [1.82, 2.24) is 20.9 Å². The minimum atomic E-state index is -1.13. The summed E-state index contributed by atoms with van der Waals surface area (Å²) in [6.07, 6.45) is 4.65. The average Bonchev–Trinajstić information content (AvgIpc) is 3.30. The van der Waals surface area contributed by atoms with Crippen molar-refractivity contribution in [2.75, 3.05) is 12.0 Å². The molecule has 0 aliphatic rings. The number of rotatable bonds is 15. The third-order valence-electron chi connectivity index (χ3n) is 6.77. The molecule has 11 heteroatoms. The number of carbonyl (C=O) groups excluding carboxylic acids is 3. The van der Waals surface area contributed by atoms with Gasteiger partial charge in [0.25, 0.3) is 0 Å². The summed E-state index contributed by atoms with van der Waals surface area (Å²) in [7, 11) is 0. The lowest BCUT2D eigenvalue weighted by Gasteiger charge is -2.28. The number of hydrogen-bond acceptors (Lipinski definition) is 6. The molecule has 1 aromatic carbocycles. The van der Waals surface area contributed by atoms with E-state index >= 15 is 0 Å². The van der Waals surface area contributed by atoms with E-state index in [1.807, 2.05) is 58.2 Å². The topological polar surface area (TPSA) is 166 Å². The van der Waals surface area contributed by atoms with Crippen LogP contribution in [0.15, 0.2) is 30.5 Å². The van der Waals surface area contributed by atoms with Gasteiger partial charge < -0.3 is 31.8 Å². The maximum absolute atomic E-state index is 13.6. The average molecular weight is 548 g/mol. The number of nitrogens with two attached hydrogens (primary N) is 1. The number of carbonyl (C=O) groups is 4. The van der Waals surface area contributed by atoms with E-state index in [4.69, 9.17) is 5.73 Å². The van der Waals surface area contributed by atoms with E-state index in [-0.39, 0.29) is 24.7 Å². The smallest absolute Gasteiger partial charge is 0.326 e. The largest absolute Gasteiger partial charge is 0.480 e. The summed E-state index contributed by atoms with van der Waals surface area (Å²) >= 11 is 1.48. The summed E-state index contributed by atoms with van der Waals surface area (Å²) in [4.78, 5) is 54.5. The van der Waals surface area contributed by atoms with Gasteiger partial charge in [-0.3, -0.25) is 14.4 Å². The highest BCUT2D eigenvalue weighted by molar-refractivity contribution is 7.98. The molecular weight excluding hydrogens is 506 g/mol. The molecule has 2 rings (SSSR count). The number of fused-ring (bicyclic) bond motifs is 1. The van der Waals surface area contributed by atoms with Crippen LogP contribution in [0, 0.1) is 11.8 Å². The van der Waals surface area contributed by atoms with Crippen LogP contribution in [0.3, 0.4) is 0 Å². The molecule has 1 heterocycles. The van der Waals surface area contributed by atoms with Crippen LogP contribution < -0.4 is 21.7 Å². The normalized spacial score (nSPS) is 15.3. The van der Waals surface area contributed by atoms with Crippen LogP contribution in [0.1, 0.15) is 46.1 Å². The number of aliphatic carboxylic acids is 1. The Morgan fingerprint density at radius 1 is 1.00 bits per heavy atom. The predicted octanol–water partition coefficient (Wildman–Crippen LogP) is 2.03. The molecule has 3 amide bonds. The van der Waals surface area contributed by atoms with Gasteiger partial charge in [-0.05, 0) is 41.9 Å². The number of hydrogen-bond donors (Lipinski definition) is 6. The van der Waals surface area contributed by atoms with Gasteiger partial charge in [-0.1, -0.05) is 52.3 Å². The zero-order chi connectivity index (χ0) is 28.4. The second-order valence-electron chi connectivity index (χ2n) is 9.95. The van der Waals surface area contributed by atoms with Crippen molar-refractivity contribution >= 4 is 46.4 Å². The van der Waals surface area contributed by atoms with Gasteiger partial charge in [0.05, 0.1) is 6.04 Å². The van der Waals surface area contributed by atoms with Crippen LogP contribution in [-0.2, 0) is 25.6 Å². The van der Waals surface area contributed by atoms with E-state index in [0.717, 1.165) is 16.5 Å². The van der Waals surface area contributed by atoms with Gasteiger partial charge >= 0.3 is 5.97 Å². The first kappa shape index (κ1) is 31.2. The Hall–Kier alpha value is -3.05. The fourth-order valence-electron chi connectivity index (χ4n) is 4.01. The molecule has 0 bridgehead atoms. The lowest BCUT2D eigenvalue weighted by atomic mass is 9.96. The number of para-hydroxylation sites is 1. The van der Waals surface area contributed by atoms with Gasteiger partial charge in [-0.2, -0.15) is 11.8 Å². The molecule has 210 valence electrons.